The topological polar surface area (TPSA) is 59.0 Å². The van der Waals surface area contributed by atoms with Crippen LogP contribution in [0.2, 0.25) is 0 Å². The molecule has 1 amide bonds. The zero-order valence-electron chi connectivity index (χ0n) is 12.9. The fourth-order valence-electron chi connectivity index (χ4n) is 2.35. The first-order valence-electron chi connectivity index (χ1n) is 7.67. The SMILES string of the molecule is CCCNC(=O)CNCc1nc2ccccc2n1CCC. The third-order valence-electron chi connectivity index (χ3n) is 3.32. The molecule has 21 heavy (non-hydrogen) atoms. The first kappa shape index (κ1) is 15.5. The molecule has 1 aromatic heterocycles. The van der Waals surface area contributed by atoms with Gasteiger partial charge in [0.05, 0.1) is 24.1 Å². The van der Waals surface area contributed by atoms with Gasteiger partial charge in [-0.05, 0) is 25.0 Å². The number of hydrogen-bond acceptors (Lipinski definition) is 3. The number of rotatable bonds is 8. The van der Waals surface area contributed by atoms with Gasteiger partial charge in [-0.15, -0.1) is 0 Å². The molecule has 0 aliphatic heterocycles. The predicted molar refractivity (Wildman–Crippen MR) is 85.0 cm³/mol. The van der Waals surface area contributed by atoms with Crippen LogP contribution in [0.25, 0.3) is 11.0 Å². The summed E-state index contributed by atoms with van der Waals surface area (Å²) in [6.07, 6.45) is 2.02. The van der Waals surface area contributed by atoms with Crippen LogP contribution in [0.5, 0.6) is 0 Å². The molecule has 0 aliphatic carbocycles. The lowest BCUT2D eigenvalue weighted by molar-refractivity contribution is -0.120. The number of para-hydroxylation sites is 2. The van der Waals surface area contributed by atoms with Gasteiger partial charge < -0.3 is 15.2 Å². The summed E-state index contributed by atoms with van der Waals surface area (Å²) in [5.74, 6) is 1.02. The Bertz CT molecular complexity index is 591. The van der Waals surface area contributed by atoms with Gasteiger partial charge in [0, 0.05) is 13.1 Å². The highest BCUT2D eigenvalue weighted by atomic mass is 16.1. The van der Waals surface area contributed by atoms with Gasteiger partial charge in [-0.3, -0.25) is 4.79 Å². The number of aromatic nitrogens is 2. The highest BCUT2D eigenvalue weighted by Gasteiger charge is 2.09. The predicted octanol–water partition coefficient (Wildman–Crippen LogP) is 2.06. The van der Waals surface area contributed by atoms with Crippen LogP contribution in [0.3, 0.4) is 0 Å². The number of amides is 1. The molecule has 2 N–H and O–H groups in total. The fourth-order valence-corrected chi connectivity index (χ4v) is 2.35. The van der Waals surface area contributed by atoms with Crippen molar-refractivity contribution in [2.24, 2.45) is 0 Å². The zero-order chi connectivity index (χ0) is 15.1. The second-order valence-corrected chi connectivity index (χ2v) is 5.12. The van der Waals surface area contributed by atoms with Crippen LogP contribution < -0.4 is 10.6 Å². The van der Waals surface area contributed by atoms with Crippen molar-refractivity contribution >= 4 is 16.9 Å². The van der Waals surface area contributed by atoms with E-state index < -0.39 is 0 Å². The fraction of sp³-hybridized carbons (Fsp3) is 0.500. The number of imidazole rings is 1. The maximum Gasteiger partial charge on any atom is 0.233 e. The summed E-state index contributed by atoms with van der Waals surface area (Å²) in [7, 11) is 0. The molecule has 2 rings (SSSR count). The lowest BCUT2D eigenvalue weighted by atomic mass is 10.3. The molecule has 0 atom stereocenters. The molecule has 1 aromatic carbocycles. The number of carbonyl (C=O) groups excluding carboxylic acids is 1. The molecule has 0 bridgehead atoms. The Morgan fingerprint density at radius 3 is 2.81 bits per heavy atom. The van der Waals surface area contributed by atoms with Crippen LogP contribution in [0.4, 0.5) is 0 Å². The van der Waals surface area contributed by atoms with Crippen molar-refractivity contribution in [3.8, 4) is 0 Å². The summed E-state index contributed by atoms with van der Waals surface area (Å²) in [4.78, 5) is 16.2. The van der Waals surface area contributed by atoms with Crippen molar-refractivity contribution in [1.29, 1.82) is 0 Å². The van der Waals surface area contributed by atoms with Gasteiger partial charge in [0.2, 0.25) is 5.91 Å². The average molecular weight is 288 g/mol. The van der Waals surface area contributed by atoms with Gasteiger partial charge >= 0.3 is 0 Å². The molecule has 0 saturated heterocycles. The lowest BCUT2D eigenvalue weighted by Gasteiger charge is -2.09. The molecule has 0 spiro atoms. The molecular formula is C16H24N4O. The van der Waals surface area contributed by atoms with E-state index in [1.165, 1.54) is 0 Å². The van der Waals surface area contributed by atoms with Crippen LogP contribution in [-0.2, 0) is 17.9 Å². The van der Waals surface area contributed by atoms with Crippen LogP contribution in [-0.4, -0.2) is 28.5 Å². The van der Waals surface area contributed by atoms with Gasteiger partial charge in [0.15, 0.2) is 0 Å². The minimum atomic E-state index is 0.0370. The minimum Gasteiger partial charge on any atom is -0.355 e. The third kappa shape index (κ3) is 4.04. The van der Waals surface area contributed by atoms with Crippen LogP contribution in [0, 0.1) is 0 Å². The summed E-state index contributed by atoms with van der Waals surface area (Å²) in [5, 5.41) is 6.03. The molecule has 114 valence electrons. The highest BCUT2D eigenvalue weighted by Crippen LogP contribution is 2.16. The van der Waals surface area contributed by atoms with Gasteiger partial charge in [-0.25, -0.2) is 4.98 Å². The Hall–Kier alpha value is -1.88. The van der Waals surface area contributed by atoms with E-state index in [-0.39, 0.29) is 5.91 Å². The van der Waals surface area contributed by atoms with Crippen molar-refractivity contribution in [2.75, 3.05) is 13.1 Å². The van der Waals surface area contributed by atoms with E-state index in [2.05, 4.69) is 33.2 Å². The molecule has 0 fully saturated rings. The standard InChI is InChI=1S/C16H24N4O/c1-3-9-18-16(21)12-17-11-15-19-13-7-5-6-8-14(13)20(15)10-4-2/h5-8,17H,3-4,9-12H2,1-2H3,(H,18,21). The highest BCUT2D eigenvalue weighted by molar-refractivity contribution is 5.78. The van der Waals surface area contributed by atoms with Gasteiger partial charge in [-0.1, -0.05) is 26.0 Å². The molecule has 5 heteroatoms. The van der Waals surface area contributed by atoms with Crippen molar-refractivity contribution in [2.45, 2.75) is 39.8 Å². The van der Waals surface area contributed by atoms with E-state index in [4.69, 9.17) is 0 Å². The lowest BCUT2D eigenvalue weighted by Crippen LogP contribution is -2.34. The average Bonchev–Trinajstić information content (AvgIpc) is 2.84. The molecular weight excluding hydrogens is 264 g/mol. The summed E-state index contributed by atoms with van der Waals surface area (Å²) < 4.78 is 2.23. The monoisotopic (exact) mass is 288 g/mol. The zero-order valence-corrected chi connectivity index (χ0v) is 12.9. The quantitative estimate of drug-likeness (QED) is 0.781. The Morgan fingerprint density at radius 2 is 2.05 bits per heavy atom. The largest absolute Gasteiger partial charge is 0.355 e. The minimum absolute atomic E-state index is 0.0370. The normalized spacial score (nSPS) is 11.0. The van der Waals surface area contributed by atoms with Gasteiger partial charge in [-0.2, -0.15) is 0 Å². The Labute approximate surface area is 125 Å². The van der Waals surface area contributed by atoms with E-state index in [9.17, 15) is 4.79 Å². The first-order valence-corrected chi connectivity index (χ1v) is 7.67. The van der Waals surface area contributed by atoms with Crippen molar-refractivity contribution in [1.82, 2.24) is 20.2 Å². The van der Waals surface area contributed by atoms with E-state index in [0.717, 1.165) is 42.8 Å². The number of nitrogens with one attached hydrogen (secondary N) is 2. The second kappa shape index (κ2) is 7.78. The van der Waals surface area contributed by atoms with Crippen molar-refractivity contribution < 1.29 is 4.79 Å². The molecule has 0 unspecified atom stereocenters. The Kier molecular flexibility index (Phi) is 5.75. The summed E-state index contributed by atoms with van der Waals surface area (Å²) in [5.41, 5.74) is 2.17. The number of hydrogen-bond donors (Lipinski definition) is 2. The maximum absolute atomic E-state index is 11.6. The van der Waals surface area contributed by atoms with Crippen LogP contribution >= 0.6 is 0 Å². The summed E-state index contributed by atoms with van der Waals surface area (Å²) >= 11 is 0. The molecule has 2 aromatic rings. The van der Waals surface area contributed by atoms with Crippen LogP contribution in [0.1, 0.15) is 32.5 Å². The van der Waals surface area contributed by atoms with E-state index in [1.807, 2.05) is 25.1 Å². The van der Waals surface area contributed by atoms with E-state index in [0.29, 0.717) is 13.1 Å². The van der Waals surface area contributed by atoms with Crippen molar-refractivity contribution in [3.05, 3.63) is 30.1 Å². The number of nitrogens with zero attached hydrogens (tertiary/aromatic N) is 2. The molecule has 1 heterocycles. The molecule has 0 aliphatic rings. The first-order chi connectivity index (χ1) is 10.3. The number of carbonyl (C=O) groups is 1. The second-order valence-electron chi connectivity index (χ2n) is 5.12. The molecule has 0 saturated carbocycles. The van der Waals surface area contributed by atoms with E-state index in [1.54, 1.807) is 0 Å². The van der Waals surface area contributed by atoms with Gasteiger partial charge in [0.25, 0.3) is 0 Å². The number of benzene rings is 1. The smallest absolute Gasteiger partial charge is 0.233 e. The van der Waals surface area contributed by atoms with E-state index >= 15 is 0 Å². The Morgan fingerprint density at radius 1 is 1.24 bits per heavy atom. The van der Waals surface area contributed by atoms with Crippen LogP contribution in [0.15, 0.2) is 24.3 Å². The summed E-state index contributed by atoms with van der Waals surface area (Å²) in [6, 6.07) is 8.15. The number of aryl methyl sites for hydroxylation is 1. The number of fused-ring (bicyclic) bond motifs is 1. The molecule has 0 radical (unpaired) electrons. The maximum atomic E-state index is 11.6. The van der Waals surface area contributed by atoms with Gasteiger partial charge in [0.1, 0.15) is 5.82 Å². The van der Waals surface area contributed by atoms with Crippen molar-refractivity contribution in [3.63, 3.8) is 0 Å². The molecule has 5 nitrogen and oxygen atoms in total. The third-order valence-corrected chi connectivity index (χ3v) is 3.32. The summed E-state index contributed by atoms with van der Waals surface area (Å²) in [6.45, 7) is 6.81. The Balaban J connectivity index is 2.01.